The molecule has 3 rings (SSSR count). The van der Waals surface area contributed by atoms with Gasteiger partial charge < -0.3 is 15.0 Å². The normalized spacial score (nSPS) is 18.1. The highest BCUT2D eigenvalue weighted by Gasteiger charge is 2.32. The second-order valence-electron chi connectivity index (χ2n) is 6.85. The van der Waals surface area contributed by atoms with Crippen molar-refractivity contribution < 1.29 is 27.5 Å². The lowest BCUT2D eigenvalue weighted by molar-refractivity contribution is -0.147. The van der Waals surface area contributed by atoms with Crippen molar-refractivity contribution >= 4 is 23.6 Å². The largest absolute Gasteiger partial charge is 0.496 e. The fraction of sp³-hybridized carbons (Fsp3) is 0.556. The molecule has 1 saturated carbocycles. The van der Waals surface area contributed by atoms with Crippen molar-refractivity contribution in [2.75, 3.05) is 33.3 Å². The van der Waals surface area contributed by atoms with Gasteiger partial charge in [-0.05, 0) is 42.3 Å². The first kappa shape index (κ1) is 20.8. The molecule has 1 aromatic carbocycles. The van der Waals surface area contributed by atoms with Gasteiger partial charge in [-0.1, -0.05) is 6.07 Å². The van der Waals surface area contributed by atoms with E-state index in [9.17, 15) is 22.8 Å². The molecule has 28 heavy (non-hydrogen) atoms. The van der Waals surface area contributed by atoms with Crippen LogP contribution in [0.1, 0.15) is 18.4 Å². The smallest absolute Gasteiger partial charge is 0.446 e. The van der Waals surface area contributed by atoms with Gasteiger partial charge in [-0.2, -0.15) is 13.2 Å². The molecular formula is C18H22F3N3O3S. The van der Waals surface area contributed by atoms with Crippen LogP contribution in [0.25, 0.3) is 0 Å². The van der Waals surface area contributed by atoms with E-state index in [0.717, 1.165) is 18.4 Å². The van der Waals surface area contributed by atoms with E-state index in [1.807, 2.05) is 4.90 Å². The molecule has 1 aromatic rings. The Bertz CT molecular complexity index is 733. The number of rotatable bonds is 5. The number of methoxy groups -OCH3 is 1. The van der Waals surface area contributed by atoms with Crippen molar-refractivity contribution in [1.82, 2.24) is 15.1 Å². The highest BCUT2D eigenvalue weighted by Crippen LogP contribution is 2.41. The predicted molar refractivity (Wildman–Crippen MR) is 97.9 cm³/mol. The maximum atomic E-state index is 12.7. The Balaban J connectivity index is 1.54. The minimum absolute atomic E-state index is 0.0260. The maximum absolute atomic E-state index is 12.7. The average molecular weight is 417 g/mol. The summed E-state index contributed by atoms with van der Waals surface area (Å²) in [6, 6.07) is 4.89. The van der Waals surface area contributed by atoms with E-state index in [2.05, 4.69) is 5.32 Å². The van der Waals surface area contributed by atoms with E-state index in [1.54, 1.807) is 6.07 Å². The number of ether oxygens (including phenoxy) is 1. The molecule has 0 unspecified atom stereocenters. The zero-order valence-corrected chi connectivity index (χ0v) is 16.2. The SMILES string of the molecule is COc1ccc(CN2CCN(C(=O)C(=O)NC3CC3)CC2)cc1SC(F)(F)F. The molecule has 0 radical (unpaired) electrons. The van der Waals surface area contributed by atoms with Crippen molar-refractivity contribution in [2.45, 2.75) is 35.8 Å². The third kappa shape index (κ3) is 5.78. The summed E-state index contributed by atoms with van der Waals surface area (Å²) in [5.74, 6) is -0.886. The molecule has 0 atom stereocenters. The number of nitrogens with one attached hydrogen (secondary N) is 1. The van der Waals surface area contributed by atoms with Crippen LogP contribution < -0.4 is 10.1 Å². The van der Waals surface area contributed by atoms with Crippen LogP contribution >= 0.6 is 11.8 Å². The van der Waals surface area contributed by atoms with Crippen LogP contribution in [0, 0.1) is 0 Å². The standard InChI is InChI=1S/C18H22F3N3O3S/c1-27-14-5-2-12(10-15(14)28-18(19,20)21)11-23-6-8-24(9-7-23)17(26)16(25)22-13-3-4-13/h2,5,10,13H,3-4,6-9,11H2,1H3,(H,22,25). The number of nitrogens with zero attached hydrogens (tertiary/aromatic N) is 2. The molecule has 1 N–H and O–H groups in total. The Kier molecular flexibility index (Phi) is 6.39. The molecule has 2 aliphatic rings. The number of halogens is 3. The lowest BCUT2D eigenvalue weighted by Gasteiger charge is -2.34. The first-order valence-electron chi connectivity index (χ1n) is 9.00. The topological polar surface area (TPSA) is 61.9 Å². The van der Waals surface area contributed by atoms with Crippen LogP contribution in [0.4, 0.5) is 13.2 Å². The number of benzene rings is 1. The fourth-order valence-electron chi connectivity index (χ4n) is 3.01. The van der Waals surface area contributed by atoms with Crippen LogP contribution in [0.3, 0.4) is 0 Å². The summed E-state index contributed by atoms with van der Waals surface area (Å²) in [7, 11) is 1.34. The van der Waals surface area contributed by atoms with E-state index in [1.165, 1.54) is 24.1 Å². The number of hydrogen-bond donors (Lipinski definition) is 1. The zero-order chi connectivity index (χ0) is 20.3. The van der Waals surface area contributed by atoms with Crippen LogP contribution in [0.15, 0.2) is 23.1 Å². The molecule has 10 heteroatoms. The van der Waals surface area contributed by atoms with Gasteiger partial charge in [-0.25, -0.2) is 0 Å². The van der Waals surface area contributed by atoms with Gasteiger partial charge in [0.25, 0.3) is 0 Å². The third-order valence-corrected chi connectivity index (χ3v) is 5.40. The van der Waals surface area contributed by atoms with Crippen molar-refractivity contribution in [1.29, 1.82) is 0 Å². The summed E-state index contributed by atoms with van der Waals surface area (Å²) in [4.78, 5) is 27.6. The average Bonchev–Trinajstić information content (AvgIpc) is 3.44. The van der Waals surface area contributed by atoms with Crippen LogP contribution in [0.2, 0.25) is 0 Å². The number of alkyl halides is 3. The lowest BCUT2D eigenvalue weighted by Crippen LogP contribution is -2.52. The Morgan fingerprint density at radius 3 is 2.46 bits per heavy atom. The number of thioether (sulfide) groups is 1. The third-order valence-electron chi connectivity index (χ3n) is 4.63. The Morgan fingerprint density at radius 2 is 1.89 bits per heavy atom. The van der Waals surface area contributed by atoms with E-state index in [4.69, 9.17) is 4.74 Å². The highest BCUT2D eigenvalue weighted by molar-refractivity contribution is 8.00. The minimum atomic E-state index is -4.39. The van der Waals surface area contributed by atoms with Crippen molar-refractivity contribution in [3.63, 3.8) is 0 Å². The molecule has 1 heterocycles. The summed E-state index contributed by atoms with van der Waals surface area (Å²) in [5.41, 5.74) is -3.65. The van der Waals surface area contributed by atoms with Gasteiger partial charge in [0, 0.05) is 38.8 Å². The molecule has 0 bridgehead atoms. The zero-order valence-electron chi connectivity index (χ0n) is 15.4. The molecule has 154 valence electrons. The summed E-state index contributed by atoms with van der Waals surface area (Å²) in [5, 5.41) is 2.69. The number of carbonyl (C=O) groups is 2. The van der Waals surface area contributed by atoms with Crippen molar-refractivity contribution in [3.8, 4) is 5.75 Å². The van der Waals surface area contributed by atoms with Gasteiger partial charge in [-0.3, -0.25) is 14.5 Å². The Labute approximate surface area is 165 Å². The molecule has 0 spiro atoms. The molecule has 6 nitrogen and oxygen atoms in total. The predicted octanol–water partition coefficient (Wildman–Crippen LogP) is 2.23. The van der Waals surface area contributed by atoms with Gasteiger partial charge in [0.15, 0.2) is 0 Å². The number of piperazine rings is 1. The summed E-state index contributed by atoms with van der Waals surface area (Å²) in [6.07, 6.45) is 1.84. The second kappa shape index (κ2) is 8.60. The summed E-state index contributed by atoms with van der Waals surface area (Å²) in [6.45, 7) is 2.40. The van der Waals surface area contributed by atoms with Gasteiger partial charge in [0.1, 0.15) is 5.75 Å². The monoisotopic (exact) mass is 417 g/mol. The van der Waals surface area contributed by atoms with Crippen molar-refractivity contribution in [3.05, 3.63) is 23.8 Å². The maximum Gasteiger partial charge on any atom is 0.446 e. The molecule has 0 aromatic heterocycles. The van der Waals surface area contributed by atoms with E-state index in [0.29, 0.717) is 32.7 Å². The van der Waals surface area contributed by atoms with E-state index in [-0.39, 0.29) is 28.4 Å². The molecule has 1 aliphatic carbocycles. The van der Waals surface area contributed by atoms with E-state index < -0.39 is 17.3 Å². The lowest BCUT2D eigenvalue weighted by atomic mass is 10.2. The molecule has 2 fully saturated rings. The summed E-state index contributed by atoms with van der Waals surface area (Å²) >= 11 is -0.195. The highest BCUT2D eigenvalue weighted by atomic mass is 32.2. The Morgan fingerprint density at radius 1 is 1.21 bits per heavy atom. The van der Waals surface area contributed by atoms with E-state index >= 15 is 0 Å². The van der Waals surface area contributed by atoms with Gasteiger partial charge >= 0.3 is 17.3 Å². The number of amides is 2. The number of carbonyl (C=O) groups excluding carboxylic acids is 2. The van der Waals surface area contributed by atoms with Gasteiger partial charge in [-0.15, -0.1) is 0 Å². The number of hydrogen-bond acceptors (Lipinski definition) is 5. The minimum Gasteiger partial charge on any atom is -0.496 e. The quantitative estimate of drug-likeness (QED) is 0.588. The fourth-order valence-corrected chi connectivity index (χ4v) is 3.72. The molecule has 1 saturated heterocycles. The van der Waals surface area contributed by atoms with Crippen LogP contribution in [-0.2, 0) is 16.1 Å². The molecule has 1 aliphatic heterocycles. The molecule has 2 amide bonds. The van der Waals surface area contributed by atoms with Gasteiger partial charge in [0.05, 0.1) is 12.0 Å². The van der Waals surface area contributed by atoms with Gasteiger partial charge in [0.2, 0.25) is 0 Å². The molecular weight excluding hydrogens is 395 g/mol. The second-order valence-corrected chi connectivity index (χ2v) is 7.96. The first-order valence-corrected chi connectivity index (χ1v) is 9.81. The van der Waals surface area contributed by atoms with Crippen molar-refractivity contribution in [2.24, 2.45) is 0 Å². The first-order chi connectivity index (χ1) is 13.2. The van der Waals surface area contributed by atoms with Crippen LogP contribution in [-0.4, -0.2) is 66.5 Å². The summed E-state index contributed by atoms with van der Waals surface area (Å²) < 4.78 is 43.2. The van der Waals surface area contributed by atoms with Crippen LogP contribution in [0.5, 0.6) is 5.75 Å². The Hall–Kier alpha value is -1.94.